The number of fused-ring (bicyclic) bond motifs is 1. The van der Waals surface area contributed by atoms with Gasteiger partial charge in [-0.15, -0.1) is 0 Å². The fourth-order valence-electron chi connectivity index (χ4n) is 3.90. The standard InChI is InChI=1S/C24H23BrN8O/c1-14-23(25)16(3)32(29-14)13-17-6-5-7-18(10-17)28-24(34)20-11-22-26-9-8-21(33(22)30-20)19-12-27-31(4)15(19)2/h5-12H,13H2,1-4H3,(H,28,34). The van der Waals surface area contributed by atoms with E-state index in [1.807, 2.05) is 62.8 Å². The number of aryl methyl sites for hydroxylation is 2. The number of aromatic nitrogens is 7. The molecular weight excluding hydrogens is 496 g/mol. The molecule has 0 saturated carbocycles. The van der Waals surface area contributed by atoms with Crippen molar-refractivity contribution in [1.29, 1.82) is 0 Å². The fraction of sp³-hybridized carbons (Fsp3) is 0.208. The molecule has 0 spiro atoms. The monoisotopic (exact) mass is 518 g/mol. The largest absolute Gasteiger partial charge is 0.321 e. The van der Waals surface area contributed by atoms with Gasteiger partial charge in [-0.25, -0.2) is 9.50 Å². The van der Waals surface area contributed by atoms with Gasteiger partial charge in [0.05, 0.1) is 34.3 Å². The Balaban J connectivity index is 1.40. The van der Waals surface area contributed by atoms with Crippen LogP contribution in [0.15, 0.2) is 53.3 Å². The van der Waals surface area contributed by atoms with E-state index in [0.717, 1.165) is 38.4 Å². The predicted molar refractivity (Wildman–Crippen MR) is 133 cm³/mol. The highest BCUT2D eigenvalue weighted by molar-refractivity contribution is 9.10. The zero-order valence-corrected chi connectivity index (χ0v) is 20.8. The van der Waals surface area contributed by atoms with Gasteiger partial charge in [0.1, 0.15) is 0 Å². The smallest absolute Gasteiger partial charge is 0.276 e. The average molecular weight is 519 g/mol. The highest BCUT2D eigenvalue weighted by Crippen LogP contribution is 2.24. The number of nitrogens with zero attached hydrogens (tertiary/aromatic N) is 7. The number of rotatable bonds is 5. The SMILES string of the molecule is Cc1nn(Cc2cccc(NC(=O)c3cc4nccc(-c5cnn(C)c5C)n4n3)c2)c(C)c1Br. The van der Waals surface area contributed by atoms with Gasteiger partial charge in [-0.05, 0) is 60.5 Å². The van der Waals surface area contributed by atoms with Crippen LogP contribution >= 0.6 is 15.9 Å². The summed E-state index contributed by atoms with van der Waals surface area (Å²) in [6, 6.07) is 11.3. The first kappa shape index (κ1) is 22.0. The second-order valence-electron chi connectivity index (χ2n) is 8.19. The lowest BCUT2D eigenvalue weighted by Gasteiger charge is -2.08. The summed E-state index contributed by atoms with van der Waals surface area (Å²) in [6.45, 7) is 6.58. The molecule has 0 fully saturated rings. The summed E-state index contributed by atoms with van der Waals surface area (Å²) < 4.78 is 6.43. The van der Waals surface area contributed by atoms with Gasteiger partial charge in [0, 0.05) is 36.3 Å². The third kappa shape index (κ3) is 3.90. The lowest BCUT2D eigenvalue weighted by atomic mass is 10.2. The fourth-order valence-corrected chi connectivity index (χ4v) is 4.19. The van der Waals surface area contributed by atoms with Crippen LogP contribution in [-0.4, -0.2) is 40.1 Å². The molecule has 5 rings (SSSR count). The predicted octanol–water partition coefficient (Wildman–Crippen LogP) is 4.31. The second kappa shape index (κ2) is 8.53. The molecule has 5 aromatic rings. The molecule has 0 aliphatic rings. The van der Waals surface area contributed by atoms with Gasteiger partial charge in [0.15, 0.2) is 11.3 Å². The molecule has 4 heterocycles. The van der Waals surface area contributed by atoms with E-state index in [4.69, 9.17) is 0 Å². The number of hydrogen-bond acceptors (Lipinski definition) is 5. The van der Waals surface area contributed by atoms with E-state index in [0.29, 0.717) is 17.9 Å². The summed E-state index contributed by atoms with van der Waals surface area (Å²) in [7, 11) is 1.89. The maximum absolute atomic E-state index is 13.0. The number of nitrogens with one attached hydrogen (secondary N) is 1. The first-order valence-corrected chi connectivity index (χ1v) is 11.5. The Morgan fingerprint density at radius 3 is 2.62 bits per heavy atom. The molecule has 9 nitrogen and oxygen atoms in total. The molecular formula is C24H23BrN8O. The second-order valence-corrected chi connectivity index (χ2v) is 8.99. The maximum Gasteiger partial charge on any atom is 0.276 e. The molecule has 1 aromatic carbocycles. The van der Waals surface area contributed by atoms with Crippen molar-refractivity contribution in [1.82, 2.24) is 34.2 Å². The van der Waals surface area contributed by atoms with Crippen molar-refractivity contribution in [3.05, 3.63) is 81.6 Å². The van der Waals surface area contributed by atoms with Crippen molar-refractivity contribution >= 4 is 33.2 Å². The summed E-state index contributed by atoms with van der Waals surface area (Å²) in [5.41, 5.74) is 7.37. The maximum atomic E-state index is 13.0. The molecule has 0 radical (unpaired) electrons. The van der Waals surface area contributed by atoms with Crippen LogP contribution in [0, 0.1) is 20.8 Å². The first-order chi connectivity index (χ1) is 16.3. The number of hydrogen-bond donors (Lipinski definition) is 1. The Morgan fingerprint density at radius 1 is 1.09 bits per heavy atom. The number of halogens is 1. The summed E-state index contributed by atoms with van der Waals surface area (Å²) in [5, 5.41) is 16.4. The van der Waals surface area contributed by atoms with Crippen molar-refractivity contribution in [3.63, 3.8) is 0 Å². The normalized spacial score (nSPS) is 11.3. The summed E-state index contributed by atoms with van der Waals surface area (Å²) in [6.07, 6.45) is 3.50. The minimum atomic E-state index is -0.301. The summed E-state index contributed by atoms with van der Waals surface area (Å²) >= 11 is 3.57. The third-order valence-electron chi connectivity index (χ3n) is 5.91. The van der Waals surface area contributed by atoms with Crippen molar-refractivity contribution in [3.8, 4) is 11.3 Å². The van der Waals surface area contributed by atoms with Crippen molar-refractivity contribution in [2.75, 3.05) is 5.32 Å². The van der Waals surface area contributed by atoms with E-state index in [1.165, 1.54) is 0 Å². The third-order valence-corrected chi connectivity index (χ3v) is 7.06. The Morgan fingerprint density at radius 2 is 1.91 bits per heavy atom. The molecule has 1 amide bonds. The molecule has 0 aliphatic heterocycles. The molecule has 0 aliphatic carbocycles. The highest BCUT2D eigenvalue weighted by atomic mass is 79.9. The van der Waals surface area contributed by atoms with Gasteiger partial charge in [-0.1, -0.05) is 12.1 Å². The van der Waals surface area contributed by atoms with Gasteiger partial charge in [-0.2, -0.15) is 15.3 Å². The van der Waals surface area contributed by atoms with E-state index < -0.39 is 0 Å². The Kier molecular flexibility index (Phi) is 5.52. The molecule has 4 aromatic heterocycles. The summed E-state index contributed by atoms with van der Waals surface area (Å²) in [4.78, 5) is 17.4. The Bertz CT molecular complexity index is 1540. The zero-order chi connectivity index (χ0) is 24.0. The minimum Gasteiger partial charge on any atom is -0.321 e. The zero-order valence-electron chi connectivity index (χ0n) is 19.2. The highest BCUT2D eigenvalue weighted by Gasteiger charge is 2.17. The van der Waals surface area contributed by atoms with Gasteiger partial charge in [0.2, 0.25) is 0 Å². The lowest BCUT2D eigenvalue weighted by Crippen LogP contribution is -2.13. The van der Waals surface area contributed by atoms with Crippen LogP contribution in [0.1, 0.15) is 33.1 Å². The number of anilines is 1. The molecule has 0 atom stereocenters. The lowest BCUT2D eigenvalue weighted by molar-refractivity contribution is 0.102. The van der Waals surface area contributed by atoms with Crippen molar-refractivity contribution < 1.29 is 4.79 Å². The molecule has 0 saturated heterocycles. The van der Waals surface area contributed by atoms with Crippen molar-refractivity contribution in [2.45, 2.75) is 27.3 Å². The molecule has 0 bridgehead atoms. The van der Waals surface area contributed by atoms with Gasteiger partial charge in [-0.3, -0.25) is 14.2 Å². The Labute approximate surface area is 204 Å². The number of carbonyl (C=O) groups excluding carboxylic acids is 1. The van der Waals surface area contributed by atoms with Gasteiger partial charge < -0.3 is 5.32 Å². The van der Waals surface area contributed by atoms with E-state index in [2.05, 4.69) is 41.5 Å². The van der Waals surface area contributed by atoms with E-state index in [1.54, 1.807) is 27.7 Å². The van der Waals surface area contributed by atoms with Crippen LogP contribution in [0.2, 0.25) is 0 Å². The van der Waals surface area contributed by atoms with Crippen molar-refractivity contribution in [2.24, 2.45) is 7.05 Å². The molecule has 10 heteroatoms. The van der Waals surface area contributed by atoms with Crippen LogP contribution in [0.5, 0.6) is 0 Å². The van der Waals surface area contributed by atoms with Gasteiger partial charge >= 0.3 is 0 Å². The number of carbonyl (C=O) groups is 1. The number of benzene rings is 1. The number of amides is 1. The molecule has 1 N–H and O–H groups in total. The minimum absolute atomic E-state index is 0.286. The van der Waals surface area contributed by atoms with Crippen LogP contribution < -0.4 is 5.32 Å². The van der Waals surface area contributed by atoms with E-state index in [-0.39, 0.29) is 11.6 Å². The molecule has 172 valence electrons. The average Bonchev–Trinajstić information content (AvgIpc) is 3.47. The van der Waals surface area contributed by atoms with Crippen LogP contribution in [-0.2, 0) is 13.6 Å². The van der Waals surface area contributed by atoms with Gasteiger partial charge in [0.25, 0.3) is 5.91 Å². The quantitative estimate of drug-likeness (QED) is 0.374. The van der Waals surface area contributed by atoms with Crippen LogP contribution in [0.25, 0.3) is 16.9 Å². The summed E-state index contributed by atoms with van der Waals surface area (Å²) in [5.74, 6) is -0.301. The van der Waals surface area contributed by atoms with Crippen LogP contribution in [0.3, 0.4) is 0 Å². The van der Waals surface area contributed by atoms with Crippen LogP contribution in [0.4, 0.5) is 5.69 Å². The van der Waals surface area contributed by atoms with E-state index in [9.17, 15) is 4.79 Å². The molecule has 34 heavy (non-hydrogen) atoms. The molecule has 0 unspecified atom stereocenters. The Hall–Kier alpha value is -3.79. The topological polar surface area (TPSA) is 94.9 Å². The van der Waals surface area contributed by atoms with E-state index >= 15 is 0 Å². The first-order valence-electron chi connectivity index (χ1n) is 10.8.